The summed E-state index contributed by atoms with van der Waals surface area (Å²) in [7, 11) is 0. The van der Waals surface area contributed by atoms with Crippen LogP contribution in [0.3, 0.4) is 0 Å². The lowest BCUT2D eigenvalue weighted by Crippen LogP contribution is -2.51. The van der Waals surface area contributed by atoms with Crippen LogP contribution in [-0.2, 0) is 0 Å². The topological polar surface area (TPSA) is 12.0 Å². The van der Waals surface area contributed by atoms with E-state index in [0.717, 1.165) is 6.54 Å². The highest BCUT2D eigenvalue weighted by molar-refractivity contribution is 4.91. The van der Waals surface area contributed by atoms with Crippen molar-refractivity contribution in [2.75, 3.05) is 6.54 Å². The fourth-order valence-electron chi connectivity index (χ4n) is 1.26. The van der Waals surface area contributed by atoms with Crippen LogP contribution in [-0.4, -0.2) is 12.1 Å². The van der Waals surface area contributed by atoms with Crippen LogP contribution < -0.4 is 5.32 Å². The summed E-state index contributed by atoms with van der Waals surface area (Å²) in [6, 6.07) is 0. The molecule has 1 heteroatoms. The average molecular weight is 185 g/mol. The molecule has 0 amide bonds. The largest absolute Gasteiger partial charge is 0.311 e. The zero-order valence-electron chi connectivity index (χ0n) is 10.3. The smallest absolute Gasteiger partial charge is 0.0176 e. The van der Waals surface area contributed by atoms with Gasteiger partial charge in [0.15, 0.2) is 0 Å². The maximum absolute atomic E-state index is 3.65. The first-order valence-electron chi connectivity index (χ1n) is 5.62. The zero-order chi connectivity index (χ0) is 10.5. The standard InChI is InChI=1S/C12H27N/c1-7-9-10-13-12(5,6)11(3,4)8-2/h13H,7-10H2,1-6H3. The normalized spacial score (nSPS) is 13.4. The fourth-order valence-corrected chi connectivity index (χ4v) is 1.26. The third-order valence-electron chi connectivity index (χ3n) is 3.67. The first-order chi connectivity index (χ1) is 5.87. The summed E-state index contributed by atoms with van der Waals surface area (Å²) in [4.78, 5) is 0. The number of hydrogen-bond donors (Lipinski definition) is 1. The van der Waals surface area contributed by atoms with Crippen molar-refractivity contribution in [3.63, 3.8) is 0 Å². The van der Waals surface area contributed by atoms with Gasteiger partial charge >= 0.3 is 0 Å². The first-order valence-corrected chi connectivity index (χ1v) is 5.62. The van der Waals surface area contributed by atoms with Gasteiger partial charge in [-0.3, -0.25) is 0 Å². The predicted octanol–water partition coefficient (Wildman–Crippen LogP) is 3.59. The molecule has 0 atom stereocenters. The molecule has 0 aliphatic carbocycles. The van der Waals surface area contributed by atoms with E-state index < -0.39 is 0 Å². The number of hydrogen-bond acceptors (Lipinski definition) is 1. The van der Waals surface area contributed by atoms with Gasteiger partial charge in [0.1, 0.15) is 0 Å². The summed E-state index contributed by atoms with van der Waals surface area (Å²) < 4.78 is 0. The molecule has 0 saturated carbocycles. The van der Waals surface area contributed by atoms with Crippen LogP contribution in [0.15, 0.2) is 0 Å². The lowest BCUT2D eigenvalue weighted by Gasteiger charge is -2.42. The molecule has 0 rings (SSSR count). The lowest BCUT2D eigenvalue weighted by atomic mass is 9.72. The minimum atomic E-state index is 0.247. The van der Waals surface area contributed by atoms with Crippen LogP contribution >= 0.6 is 0 Å². The van der Waals surface area contributed by atoms with Gasteiger partial charge in [-0.05, 0) is 38.6 Å². The summed E-state index contributed by atoms with van der Waals surface area (Å²) in [6.07, 6.45) is 3.78. The molecule has 0 aliphatic heterocycles. The van der Waals surface area contributed by atoms with E-state index in [1.165, 1.54) is 19.3 Å². The van der Waals surface area contributed by atoms with Crippen molar-refractivity contribution in [1.29, 1.82) is 0 Å². The van der Waals surface area contributed by atoms with Crippen molar-refractivity contribution in [1.82, 2.24) is 5.32 Å². The van der Waals surface area contributed by atoms with Crippen LogP contribution in [0, 0.1) is 5.41 Å². The Morgan fingerprint density at radius 2 is 1.54 bits per heavy atom. The highest BCUT2D eigenvalue weighted by atomic mass is 15.0. The molecule has 1 N–H and O–H groups in total. The molecule has 0 aromatic rings. The van der Waals surface area contributed by atoms with Crippen molar-refractivity contribution in [2.24, 2.45) is 5.41 Å². The second-order valence-corrected chi connectivity index (χ2v) is 5.14. The Balaban J connectivity index is 4.06. The third-order valence-corrected chi connectivity index (χ3v) is 3.67. The van der Waals surface area contributed by atoms with Crippen LogP contribution in [0.1, 0.15) is 60.8 Å². The third kappa shape index (κ3) is 3.68. The Labute approximate surface area is 84.3 Å². The maximum Gasteiger partial charge on any atom is 0.0176 e. The van der Waals surface area contributed by atoms with E-state index in [4.69, 9.17) is 0 Å². The molecule has 0 aromatic carbocycles. The molecule has 0 saturated heterocycles. The molecule has 0 heterocycles. The van der Waals surface area contributed by atoms with E-state index >= 15 is 0 Å². The second kappa shape index (κ2) is 4.99. The van der Waals surface area contributed by atoms with E-state index in [-0.39, 0.29) is 5.54 Å². The zero-order valence-corrected chi connectivity index (χ0v) is 10.3. The molecule has 0 bridgehead atoms. The highest BCUT2D eigenvalue weighted by Gasteiger charge is 2.34. The van der Waals surface area contributed by atoms with Gasteiger partial charge in [0.05, 0.1) is 0 Å². The molecule has 1 nitrogen and oxygen atoms in total. The molecular weight excluding hydrogens is 158 g/mol. The quantitative estimate of drug-likeness (QED) is 0.624. The minimum absolute atomic E-state index is 0.247. The Hall–Kier alpha value is -0.0400. The van der Waals surface area contributed by atoms with Gasteiger partial charge in [-0.1, -0.05) is 34.1 Å². The van der Waals surface area contributed by atoms with E-state index in [0.29, 0.717) is 5.41 Å². The fraction of sp³-hybridized carbons (Fsp3) is 1.00. The molecule has 13 heavy (non-hydrogen) atoms. The molecule has 80 valence electrons. The van der Waals surface area contributed by atoms with Crippen molar-refractivity contribution >= 4 is 0 Å². The Morgan fingerprint density at radius 3 is 1.92 bits per heavy atom. The van der Waals surface area contributed by atoms with Gasteiger partial charge < -0.3 is 5.32 Å². The monoisotopic (exact) mass is 185 g/mol. The summed E-state index contributed by atoms with van der Waals surface area (Å²) in [5, 5.41) is 3.65. The van der Waals surface area contributed by atoms with E-state index in [1.54, 1.807) is 0 Å². The van der Waals surface area contributed by atoms with Crippen molar-refractivity contribution in [3.8, 4) is 0 Å². The number of unbranched alkanes of at least 4 members (excludes halogenated alkanes) is 1. The van der Waals surface area contributed by atoms with Crippen LogP contribution in [0.4, 0.5) is 0 Å². The Kier molecular flexibility index (Phi) is 4.98. The van der Waals surface area contributed by atoms with E-state index in [1.807, 2.05) is 0 Å². The summed E-state index contributed by atoms with van der Waals surface area (Å²) in [5.74, 6) is 0. The van der Waals surface area contributed by atoms with Crippen LogP contribution in [0.2, 0.25) is 0 Å². The summed E-state index contributed by atoms with van der Waals surface area (Å²) in [5.41, 5.74) is 0.623. The Bertz CT molecular complexity index is 136. The SMILES string of the molecule is CCCCNC(C)(C)C(C)(C)CC. The second-order valence-electron chi connectivity index (χ2n) is 5.14. The van der Waals surface area contributed by atoms with Gasteiger partial charge in [-0.2, -0.15) is 0 Å². The molecule has 0 unspecified atom stereocenters. The van der Waals surface area contributed by atoms with Gasteiger partial charge in [0, 0.05) is 5.54 Å². The predicted molar refractivity (Wildman–Crippen MR) is 61.1 cm³/mol. The lowest BCUT2D eigenvalue weighted by molar-refractivity contribution is 0.148. The molecule has 0 spiro atoms. The minimum Gasteiger partial charge on any atom is -0.311 e. The Morgan fingerprint density at radius 1 is 1.00 bits per heavy atom. The van der Waals surface area contributed by atoms with Crippen molar-refractivity contribution < 1.29 is 0 Å². The average Bonchev–Trinajstić information content (AvgIpc) is 2.04. The first kappa shape index (κ1) is 13.0. The summed E-state index contributed by atoms with van der Waals surface area (Å²) >= 11 is 0. The molecule has 0 aliphatic rings. The van der Waals surface area contributed by atoms with E-state index in [2.05, 4.69) is 46.9 Å². The maximum atomic E-state index is 3.65. The highest BCUT2D eigenvalue weighted by Crippen LogP contribution is 2.33. The van der Waals surface area contributed by atoms with Crippen LogP contribution in [0.5, 0.6) is 0 Å². The van der Waals surface area contributed by atoms with Crippen molar-refractivity contribution in [3.05, 3.63) is 0 Å². The van der Waals surface area contributed by atoms with E-state index in [9.17, 15) is 0 Å². The van der Waals surface area contributed by atoms with Gasteiger partial charge in [-0.15, -0.1) is 0 Å². The molecule has 0 radical (unpaired) electrons. The van der Waals surface area contributed by atoms with Gasteiger partial charge in [0.2, 0.25) is 0 Å². The molecular formula is C12H27N. The van der Waals surface area contributed by atoms with Crippen molar-refractivity contribution in [2.45, 2.75) is 66.3 Å². The number of nitrogens with one attached hydrogen (secondary N) is 1. The van der Waals surface area contributed by atoms with Gasteiger partial charge in [0.25, 0.3) is 0 Å². The van der Waals surface area contributed by atoms with Crippen LogP contribution in [0.25, 0.3) is 0 Å². The summed E-state index contributed by atoms with van der Waals surface area (Å²) in [6.45, 7) is 15.0. The number of rotatable bonds is 6. The molecule has 0 fully saturated rings. The molecule has 0 aromatic heterocycles. The van der Waals surface area contributed by atoms with Gasteiger partial charge in [-0.25, -0.2) is 0 Å².